The molecule has 0 unspecified atom stereocenters. The van der Waals surface area contributed by atoms with Gasteiger partial charge in [0.15, 0.2) is 0 Å². The van der Waals surface area contributed by atoms with Crippen LogP contribution in [0.4, 0.5) is 4.79 Å². The van der Waals surface area contributed by atoms with Crippen molar-refractivity contribution < 1.29 is 23.9 Å². The maximum Gasteiger partial charge on any atom is 0.408 e. The second-order valence-corrected chi connectivity index (χ2v) is 13.3. The Bertz CT molecular complexity index is 1850. The van der Waals surface area contributed by atoms with Crippen molar-refractivity contribution in [1.82, 2.24) is 25.5 Å². The van der Waals surface area contributed by atoms with Gasteiger partial charge in [0.2, 0.25) is 11.8 Å². The zero-order valence-corrected chi connectivity index (χ0v) is 29.2. The van der Waals surface area contributed by atoms with Gasteiger partial charge in [-0.25, -0.2) is 9.78 Å². The number of aromatic nitrogens is 2. The van der Waals surface area contributed by atoms with Gasteiger partial charge in [-0.15, -0.1) is 0 Å². The third-order valence-corrected chi connectivity index (χ3v) is 9.53. The van der Waals surface area contributed by atoms with E-state index in [0.717, 1.165) is 42.4 Å². The van der Waals surface area contributed by atoms with E-state index in [1.54, 1.807) is 6.20 Å². The normalized spacial score (nSPS) is 13.8. The van der Waals surface area contributed by atoms with Crippen molar-refractivity contribution in [3.05, 3.63) is 156 Å². The topological polar surface area (TPSA) is 126 Å². The molecule has 10 heteroatoms. The number of carbonyl (C=O) groups is 3. The van der Waals surface area contributed by atoms with Crippen LogP contribution in [0.25, 0.3) is 0 Å². The van der Waals surface area contributed by atoms with Crippen molar-refractivity contribution in [3.63, 3.8) is 0 Å². The highest BCUT2D eigenvalue weighted by molar-refractivity contribution is 5.89. The quantitative estimate of drug-likeness (QED) is 0.108. The molecule has 1 atom stereocenters. The Morgan fingerprint density at radius 3 is 2.06 bits per heavy atom. The first-order valence-corrected chi connectivity index (χ1v) is 17.8. The Balaban J connectivity index is 1.18. The Kier molecular flexibility index (Phi) is 12.3. The average Bonchev–Trinajstić information content (AvgIpc) is 3.90. The highest BCUT2D eigenvalue weighted by Gasteiger charge is 2.36. The van der Waals surface area contributed by atoms with Crippen molar-refractivity contribution in [2.45, 2.75) is 63.3 Å². The molecule has 0 aliphatic heterocycles. The number of amides is 3. The fourth-order valence-electron chi connectivity index (χ4n) is 6.71. The second-order valence-electron chi connectivity index (χ2n) is 13.3. The summed E-state index contributed by atoms with van der Waals surface area (Å²) in [5.74, 6) is -0.0216. The van der Waals surface area contributed by atoms with Crippen LogP contribution in [-0.4, -0.2) is 51.9 Å². The van der Waals surface area contributed by atoms with Crippen LogP contribution >= 0.6 is 0 Å². The van der Waals surface area contributed by atoms with E-state index in [0.29, 0.717) is 24.6 Å². The molecule has 1 fully saturated rings. The highest BCUT2D eigenvalue weighted by atomic mass is 16.5. The molecule has 52 heavy (non-hydrogen) atoms. The van der Waals surface area contributed by atoms with Crippen molar-refractivity contribution in [1.29, 1.82) is 0 Å². The van der Waals surface area contributed by atoms with Crippen molar-refractivity contribution in [3.8, 4) is 5.75 Å². The average molecular weight is 700 g/mol. The number of H-pyrrole nitrogens is 1. The van der Waals surface area contributed by atoms with Gasteiger partial charge in [-0.3, -0.25) is 9.59 Å². The van der Waals surface area contributed by atoms with Gasteiger partial charge in [0.1, 0.15) is 25.0 Å². The summed E-state index contributed by atoms with van der Waals surface area (Å²) in [6.07, 6.45) is 6.72. The molecule has 1 aromatic heterocycles. The van der Waals surface area contributed by atoms with Crippen LogP contribution in [0.2, 0.25) is 0 Å². The fourth-order valence-corrected chi connectivity index (χ4v) is 6.71. The van der Waals surface area contributed by atoms with Gasteiger partial charge in [0.25, 0.3) is 0 Å². The Hall–Kier alpha value is -5.90. The van der Waals surface area contributed by atoms with Gasteiger partial charge in [-0.1, -0.05) is 116 Å². The molecule has 0 bridgehead atoms. The summed E-state index contributed by atoms with van der Waals surface area (Å²) in [7, 11) is 0. The van der Waals surface area contributed by atoms with E-state index in [1.807, 2.05) is 103 Å². The van der Waals surface area contributed by atoms with E-state index in [4.69, 9.17) is 9.47 Å². The molecule has 268 valence electrons. The molecule has 1 aliphatic rings. The molecule has 5 aromatic rings. The third kappa shape index (κ3) is 10.1. The van der Waals surface area contributed by atoms with E-state index in [9.17, 15) is 14.4 Å². The number of aromatic amines is 1. The predicted octanol–water partition coefficient (Wildman–Crippen LogP) is 6.48. The first-order valence-electron chi connectivity index (χ1n) is 17.8. The number of nitrogens with one attached hydrogen (secondary N) is 3. The minimum Gasteiger partial charge on any atom is -0.489 e. The maximum absolute atomic E-state index is 14.4. The first-order chi connectivity index (χ1) is 25.5. The number of imidazole rings is 1. The molecule has 1 heterocycles. The van der Waals surface area contributed by atoms with Crippen molar-refractivity contribution in [2.75, 3.05) is 13.1 Å². The second kappa shape index (κ2) is 17.8. The molecular weight excluding hydrogens is 654 g/mol. The fraction of sp³-hybridized carbons (Fsp3) is 0.286. The van der Waals surface area contributed by atoms with Gasteiger partial charge < -0.3 is 30.0 Å². The summed E-state index contributed by atoms with van der Waals surface area (Å²) >= 11 is 0. The lowest BCUT2D eigenvalue weighted by Gasteiger charge is -2.31. The predicted molar refractivity (Wildman–Crippen MR) is 198 cm³/mol. The largest absolute Gasteiger partial charge is 0.489 e. The summed E-state index contributed by atoms with van der Waals surface area (Å²) in [6, 6.07) is 36.0. The number of ether oxygens (including phenoxy) is 2. The third-order valence-electron chi connectivity index (χ3n) is 9.53. The zero-order valence-electron chi connectivity index (χ0n) is 29.2. The summed E-state index contributed by atoms with van der Waals surface area (Å²) in [4.78, 5) is 49.9. The van der Waals surface area contributed by atoms with E-state index >= 15 is 0 Å². The molecule has 10 nitrogen and oxygen atoms in total. The maximum atomic E-state index is 14.4. The standard InChI is InChI=1S/C42H45N5O5/c48-39(44-30-42(22-10-11-23-42)35-16-8-3-9-17-35)27-47(26-32-18-20-37(21-19-32)51-28-33-12-4-1-5-13-33)40(49)38(24-36-25-43-31-45-36)46-41(50)52-29-34-14-6-2-7-15-34/h1-9,12-21,25,31,38H,10-11,22-24,26-30H2,(H,43,45)(H,44,48)(H,46,50)/t38-/m0/s1. The van der Waals surface area contributed by atoms with Gasteiger partial charge in [0, 0.05) is 31.1 Å². The van der Waals surface area contributed by atoms with Crippen LogP contribution in [0.3, 0.4) is 0 Å². The number of rotatable bonds is 16. The van der Waals surface area contributed by atoms with Gasteiger partial charge >= 0.3 is 6.09 Å². The van der Waals surface area contributed by atoms with E-state index in [-0.39, 0.29) is 37.4 Å². The molecule has 0 saturated heterocycles. The number of nitrogens with zero attached hydrogens (tertiary/aromatic N) is 2. The summed E-state index contributed by atoms with van der Waals surface area (Å²) in [5.41, 5.74) is 4.32. The van der Waals surface area contributed by atoms with Crippen LogP contribution in [0.5, 0.6) is 5.75 Å². The van der Waals surface area contributed by atoms with Gasteiger partial charge in [0.05, 0.1) is 18.6 Å². The minimum atomic E-state index is -1.04. The molecule has 3 amide bonds. The number of benzene rings is 4. The zero-order chi connectivity index (χ0) is 36.0. The molecule has 6 rings (SSSR count). The smallest absolute Gasteiger partial charge is 0.408 e. The molecular formula is C42H45N5O5. The molecule has 0 radical (unpaired) electrons. The Labute approximate surface area is 304 Å². The summed E-state index contributed by atoms with van der Waals surface area (Å²) in [6.45, 7) is 0.882. The highest BCUT2D eigenvalue weighted by Crippen LogP contribution is 2.40. The van der Waals surface area contributed by atoms with Crippen LogP contribution in [-0.2, 0) is 45.9 Å². The number of hydrogen-bond acceptors (Lipinski definition) is 6. The molecule has 1 saturated carbocycles. The monoisotopic (exact) mass is 699 g/mol. The lowest BCUT2D eigenvalue weighted by Crippen LogP contribution is -2.52. The molecule has 3 N–H and O–H groups in total. The summed E-state index contributed by atoms with van der Waals surface area (Å²) in [5, 5.41) is 5.91. The van der Waals surface area contributed by atoms with Crippen molar-refractivity contribution in [2.24, 2.45) is 0 Å². The Morgan fingerprint density at radius 1 is 0.788 bits per heavy atom. The Morgan fingerprint density at radius 2 is 1.42 bits per heavy atom. The van der Waals surface area contributed by atoms with Crippen LogP contribution < -0.4 is 15.4 Å². The van der Waals surface area contributed by atoms with Gasteiger partial charge in [-0.2, -0.15) is 0 Å². The molecule has 0 spiro atoms. The molecule has 4 aromatic carbocycles. The van der Waals surface area contributed by atoms with Crippen LogP contribution in [0, 0.1) is 0 Å². The molecule has 1 aliphatic carbocycles. The summed E-state index contributed by atoms with van der Waals surface area (Å²) < 4.78 is 11.5. The number of alkyl carbamates (subject to hydrolysis) is 1. The van der Waals surface area contributed by atoms with Crippen LogP contribution in [0.1, 0.15) is 53.6 Å². The number of carbonyl (C=O) groups excluding carboxylic acids is 3. The SMILES string of the molecule is O=C(CN(Cc1ccc(OCc2ccccc2)cc1)C(=O)[C@H](Cc1c[nH]cn1)NC(=O)OCc1ccccc1)NCC1(c2ccccc2)CCCC1. The van der Waals surface area contributed by atoms with E-state index in [1.165, 1.54) is 16.8 Å². The lowest BCUT2D eigenvalue weighted by molar-refractivity contribution is -0.138. The van der Waals surface area contributed by atoms with E-state index < -0.39 is 18.0 Å². The number of hydrogen-bond donors (Lipinski definition) is 3. The van der Waals surface area contributed by atoms with E-state index in [2.05, 4.69) is 32.7 Å². The minimum absolute atomic E-state index is 0.0456. The van der Waals surface area contributed by atoms with Crippen molar-refractivity contribution >= 4 is 17.9 Å². The first kappa shape index (κ1) is 35.9. The van der Waals surface area contributed by atoms with Crippen LogP contribution in [0.15, 0.2) is 128 Å². The van der Waals surface area contributed by atoms with Gasteiger partial charge in [-0.05, 0) is 47.2 Å². The lowest BCUT2D eigenvalue weighted by atomic mass is 9.79.